The van der Waals surface area contributed by atoms with Crippen LogP contribution >= 0.6 is 11.6 Å². The molecule has 3 aromatic rings. The molecule has 2 amide bonds. The molecule has 0 spiro atoms. The van der Waals surface area contributed by atoms with Crippen molar-refractivity contribution in [1.82, 2.24) is 0 Å². The fourth-order valence-electron chi connectivity index (χ4n) is 3.47. The lowest BCUT2D eigenvalue weighted by molar-refractivity contribution is 0.0893. The molecule has 0 aromatic heterocycles. The molecule has 0 radical (unpaired) electrons. The average Bonchev–Trinajstić information content (AvgIpc) is 2.71. The summed E-state index contributed by atoms with van der Waals surface area (Å²) in [5.41, 5.74) is 2.01. The van der Waals surface area contributed by atoms with Gasteiger partial charge >= 0.3 is 0 Å². The monoisotopic (exact) mass is 396 g/mol. The van der Waals surface area contributed by atoms with Crippen LogP contribution in [0.2, 0.25) is 5.02 Å². The van der Waals surface area contributed by atoms with Crippen molar-refractivity contribution in [2.45, 2.75) is 0 Å². The second-order valence-electron chi connectivity index (χ2n) is 6.30. The number of carbonyl (C=O) groups is 2. The number of aliphatic hydroxyl groups is 1. The zero-order valence-electron chi connectivity index (χ0n) is 15.0. The van der Waals surface area contributed by atoms with Crippen LogP contribution in [-0.2, 0) is 0 Å². The predicted octanol–water partition coefficient (Wildman–Crippen LogP) is 3.71. The zero-order chi connectivity index (χ0) is 19.8. The van der Waals surface area contributed by atoms with E-state index in [1.807, 2.05) is 6.07 Å². The van der Waals surface area contributed by atoms with Crippen molar-refractivity contribution in [3.8, 4) is 5.75 Å². The number of aliphatic hydroxyl groups excluding tert-OH is 1. The van der Waals surface area contributed by atoms with Crippen LogP contribution in [0.3, 0.4) is 0 Å². The van der Waals surface area contributed by atoms with E-state index in [0.717, 1.165) is 16.0 Å². The Kier molecular flexibility index (Phi) is 4.66. The van der Waals surface area contributed by atoms with Crippen LogP contribution in [0.25, 0.3) is 10.8 Å². The fourth-order valence-corrected chi connectivity index (χ4v) is 3.72. The van der Waals surface area contributed by atoms with Gasteiger partial charge in [0, 0.05) is 34.1 Å². The van der Waals surface area contributed by atoms with Crippen LogP contribution in [-0.4, -0.2) is 37.2 Å². The number of rotatable bonds is 5. The third kappa shape index (κ3) is 2.78. The Bertz CT molecular complexity index is 1090. The smallest absolute Gasteiger partial charge is 0.265 e. The van der Waals surface area contributed by atoms with Crippen molar-refractivity contribution in [3.63, 3.8) is 0 Å². The van der Waals surface area contributed by atoms with Gasteiger partial charge in [0.1, 0.15) is 5.75 Å². The van der Waals surface area contributed by atoms with Crippen molar-refractivity contribution in [3.05, 3.63) is 64.7 Å². The molecule has 142 valence electrons. The number of halogens is 1. The Labute approximate surface area is 166 Å². The van der Waals surface area contributed by atoms with E-state index >= 15 is 0 Å². The fraction of sp³-hybridized carbons (Fsp3) is 0.143. The molecule has 4 rings (SSSR count). The first-order valence-corrected chi connectivity index (χ1v) is 9.07. The summed E-state index contributed by atoms with van der Waals surface area (Å²) >= 11 is 6.19. The van der Waals surface area contributed by atoms with E-state index in [9.17, 15) is 9.59 Å². The molecule has 1 aliphatic heterocycles. The van der Waals surface area contributed by atoms with E-state index in [2.05, 4.69) is 5.32 Å². The zero-order valence-corrected chi connectivity index (χ0v) is 15.8. The summed E-state index contributed by atoms with van der Waals surface area (Å²) in [5, 5.41) is 13.9. The van der Waals surface area contributed by atoms with Crippen molar-refractivity contribution >= 4 is 45.6 Å². The minimum atomic E-state index is -0.413. The maximum atomic E-state index is 13.2. The van der Waals surface area contributed by atoms with Crippen molar-refractivity contribution in [1.29, 1.82) is 0 Å². The van der Waals surface area contributed by atoms with E-state index in [1.165, 1.54) is 7.11 Å². The van der Waals surface area contributed by atoms with Gasteiger partial charge in [0.05, 0.1) is 24.4 Å². The number of carbonyl (C=O) groups excluding carboxylic acids is 2. The van der Waals surface area contributed by atoms with Crippen LogP contribution < -0.4 is 15.0 Å². The van der Waals surface area contributed by atoms with E-state index in [4.69, 9.17) is 21.4 Å². The largest absolute Gasteiger partial charge is 0.495 e. The number of hydrogen-bond acceptors (Lipinski definition) is 5. The lowest BCUT2D eigenvalue weighted by Gasteiger charge is -2.28. The second-order valence-corrected chi connectivity index (χ2v) is 6.71. The number of imide groups is 1. The lowest BCUT2D eigenvalue weighted by Crippen LogP contribution is -2.40. The number of ether oxygens (including phenoxy) is 1. The molecule has 0 fully saturated rings. The van der Waals surface area contributed by atoms with E-state index < -0.39 is 11.8 Å². The minimum absolute atomic E-state index is 0.0210. The summed E-state index contributed by atoms with van der Waals surface area (Å²) in [6, 6.07) is 13.6. The van der Waals surface area contributed by atoms with Crippen LogP contribution in [0.1, 0.15) is 20.7 Å². The van der Waals surface area contributed by atoms with Crippen LogP contribution in [0, 0.1) is 0 Å². The number of amides is 2. The highest BCUT2D eigenvalue weighted by molar-refractivity contribution is 6.37. The molecule has 1 heterocycles. The van der Waals surface area contributed by atoms with Gasteiger partial charge < -0.3 is 15.2 Å². The average molecular weight is 397 g/mol. The summed E-state index contributed by atoms with van der Waals surface area (Å²) < 4.78 is 5.14. The Morgan fingerprint density at radius 2 is 1.82 bits per heavy atom. The molecule has 28 heavy (non-hydrogen) atoms. The Hall–Kier alpha value is -3.09. The normalized spacial score (nSPS) is 13.2. The minimum Gasteiger partial charge on any atom is -0.495 e. The summed E-state index contributed by atoms with van der Waals surface area (Å²) in [6.07, 6.45) is 0. The van der Waals surface area contributed by atoms with Gasteiger partial charge in [-0.05, 0) is 36.4 Å². The Morgan fingerprint density at radius 3 is 2.50 bits per heavy atom. The van der Waals surface area contributed by atoms with Gasteiger partial charge in [0.15, 0.2) is 0 Å². The third-order valence-corrected chi connectivity index (χ3v) is 5.02. The van der Waals surface area contributed by atoms with Crippen LogP contribution in [0.5, 0.6) is 5.75 Å². The molecule has 0 saturated carbocycles. The molecule has 0 atom stereocenters. The predicted molar refractivity (Wildman–Crippen MR) is 109 cm³/mol. The number of nitrogens with zero attached hydrogens (tertiary/aromatic N) is 1. The van der Waals surface area contributed by atoms with Crippen molar-refractivity contribution in [2.75, 3.05) is 30.5 Å². The topological polar surface area (TPSA) is 78.9 Å². The summed E-state index contributed by atoms with van der Waals surface area (Å²) in [7, 11) is 1.50. The number of benzene rings is 3. The van der Waals surface area contributed by atoms with Gasteiger partial charge in [0.25, 0.3) is 11.8 Å². The van der Waals surface area contributed by atoms with Gasteiger partial charge in [0.2, 0.25) is 0 Å². The van der Waals surface area contributed by atoms with E-state index in [0.29, 0.717) is 39.5 Å². The van der Waals surface area contributed by atoms with Gasteiger partial charge in [-0.1, -0.05) is 23.7 Å². The first-order valence-electron chi connectivity index (χ1n) is 8.69. The SMILES string of the molecule is COc1ccc(N2C(=O)c3cccc4c(NCCO)ccc(c34)C2=O)cc1Cl. The third-order valence-electron chi connectivity index (χ3n) is 4.73. The number of anilines is 2. The molecule has 0 bridgehead atoms. The molecule has 6 nitrogen and oxygen atoms in total. The van der Waals surface area contributed by atoms with Crippen molar-refractivity contribution in [2.24, 2.45) is 0 Å². The van der Waals surface area contributed by atoms with Crippen LogP contribution in [0.15, 0.2) is 48.5 Å². The highest BCUT2D eigenvalue weighted by Gasteiger charge is 2.34. The van der Waals surface area contributed by atoms with E-state index in [-0.39, 0.29) is 6.61 Å². The molecule has 1 aliphatic rings. The van der Waals surface area contributed by atoms with E-state index in [1.54, 1.807) is 42.5 Å². The molecule has 0 saturated heterocycles. The Balaban J connectivity index is 1.86. The number of methoxy groups -OCH3 is 1. The maximum absolute atomic E-state index is 13.2. The molecule has 0 aliphatic carbocycles. The second kappa shape index (κ2) is 7.14. The van der Waals surface area contributed by atoms with Crippen LogP contribution in [0.4, 0.5) is 11.4 Å². The molecule has 0 unspecified atom stereocenters. The maximum Gasteiger partial charge on any atom is 0.265 e. The number of hydrogen-bond donors (Lipinski definition) is 2. The molecular weight excluding hydrogens is 380 g/mol. The highest BCUT2D eigenvalue weighted by Crippen LogP contribution is 2.37. The first kappa shape index (κ1) is 18.3. The quantitative estimate of drug-likeness (QED) is 0.643. The molecule has 7 heteroatoms. The first-order chi connectivity index (χ1) is 13.6. The van der Waals surface area contributed by atoms with Gasteiger partial charge in [-0.15, -0.1) is 0 Å². The standard InChI is InChI=1S/C21H17ClN2O4/c1-28-18-8-5-12(11-16(18)22)24-20(26)14-4-2-3-13-17(23-9-10-25)7-6-15(19(13)14)21(24)27/h2-8,11,23,25H,9-10H2,1H3. The number of nitrogens with one attached hydrogen (secondary N) is 1. The summed E-state index contributed by atoms with van der Waals surface area (Å²) in [5.74, 6) is -0.364. The molecular formula is C21H17ClN2O4. The molecule has 3 aromatic carbocycles. The van der Waals surface area contributed by atoms with Gasteiger partial charge in [-0.25, -0.2) is 4.90 Å². The molecule has 2 N–H and O–H groups in total. The summed E-state index contributed by atoms with van der Waals surface area (Å²) in [6.45, 7) is 0.351. The van der Waals surface area contributed by atoms with Crippen molar-refractivity contribution < 1.29 is 19.4 Å². The van der Waals surface area contributed by atoms with Gasteiger partial charge in [-0.2, -0.15) is 0 Å². The summed E-state index contributed by atoms with van der Waals surface area (Å²) in [4.78, 5) is 27.5. The Morgan fingerprint density at radius 1 is 1.07 bits per heavy atom. The lowest BCUT2D eigenvalue weighted by atomic mass is 9.92. The highest BCUT2D eigenvalue weighted by atomic mass is 35.5. The van der Waals surface area contributed by atoms with Gasteiger partial charge in [-0.3, -0.25) is 9.59 Å².